The molecular formula is C19H30N2O6. The average molecular weight is 382 g/mol. The van der Waals surface area contributed by atoms with Gasteiger partial charge in [0, 0.05) is 7.11 Å². The normalized spacial score (nSPS) is 18.0. The first kappa shape index (κ1) is 22.7. The molecule has 0 radical (unpaired) electrons. The van der Waals surface area contributed by atoms with E-state index in [0.717, 1.165) is 0 Å². The predicted octanol–water partition coefficient (Wildman–Crippen LogP) is 1.74. The molecule has 0 saturated carbocycles. The number of phenolic OH excluding ortho intramolecular Hbond substituents is 1. The first-order valence-corrected chi connectivity index (χ1v) is 8.94. The molecule has 1 heterocycles. The van der Waals surface area contributed by atoms with E-state index in [1.165, 1.54) is 7.11 Å². The van der Waals surface area contributed by atoms with E-state index in [1.807, 2.05) is 13.8 Å². The number of hydrogen-bond acceptors (Lipinski definition) is 8. The first-order chi connectivity index (χ1) is 13.0. The summed E-state index contributed by atoms with van der Waals surface area (Å²) in [5, 5.41) is 13.4. The van der Waals surface area contributed by atoms with Crippen LogP contribution in [0, 0.1) is 0 Å². The molecule has 1 aliphatic rings. The molecule has 0 bridgehead atoms. The van der Waals surface area contributed by atoms with Crippen LogP contribution in [-0.4, -0.2) is 69.6 Å². The van der Waals surface area contributed by atoms with Crippen molar-refractivity contribution < 1.29 is 28.8 Å². The predicted molar refractivity (Wildman–Crippen MR) is 103 cm³/mol. The highest BCUT2D eigenvalue weighted by molar-refractivity contribution is 6.06. The molecule has 1 aromatic carbocycles. The summed E-state index contributed by atoms with van der Waals surface area (Å²) in [6.07, 6.45) is 0. The van der Waals surface area contributed by atoms with Crippen molar-refractivity contribution in [2.45, 2.75) is 26.3 Å². The van der Waals surface area contributed by atoms with E-state index in [0.29, 0.717) is 43.6 Å². The van der Waals surface area contributed by atoms with Crippen LogP contribution >= 0.6 is 0 Å². The van der Waals surface area contributed by atoms with Crippen LogP contribution in [0.25, 0.3) is 0 Å². The number of phenols is 1. The van der Waals surface area contributed by atoms with E-state index in [2.05, 4.69) is 10.3 Å². The third kappa shape index (κ3) is 6.11. The van der Waals surface area contributed by atoms with Crippen molar-refractivity contribution in [3.8, 4) is 11.5 Å². The second kappa shape index (κ2) is 11.4. The molecule has 0 amide bonds. The van der Waals surface area contributed by atoms with Crippen molar-refractivity contribution in [2.75, 3.05) is 47.2 Å². The van der Waals surface area contributed by atoms with Gasteiger partial charge in [-0.1, -0.05) is 19.9 Å². The number of aliphatic imine (C=N–C) groups is 1. The number of benzene rings is 1. The molecule has 1 aliphatic heterocycles. The molecule has 0 spiro atoms. The third-order valence-corrected chi connectivity index (χ3v) is 3.75. The number of amidine groups is 1. The molecule has 27 heavy (non-hydrogen) atoms. The van der Waals surface area contributed by atoms with Crippen LogP contribution in [0.4, 0.5) is 0 Å². The van der Waals surface area contributed by atoms with E-state index < -0.39 is 11.5 Å². The zero-order valence-electron chi connectivity index (χ0n) is 16.7. The Morgan fingerprint density at radius 1 is 1.22 bits per heavy atom. The van der Waals surface area contributed by atoms with Crippen molar-refractivity contribution in [1.29, 1.82) is 0 Å². The fourth-order valence-corrected chi connectivity index (χ4v) is 2.36. The topological polar surface area (TPSA) is 98.6 Å². The molecule has 8 heteroatoms. The Balaban J connectivity index is 0.00000176. The number of ether oxygens (including phenoxy) is 4. The number of carbonyl (C=O) groups excluding carboxylic acids is 1. The van der Waals surface area contributed by atoms with Crippen molar-refractivity contribution >= 4 is 11.8 Å². The number of methoxy groups -OCH3 is 2. The fourth-order valence-electron chi connectivity index (χ4n) is 2.36. The molecule has 2 N–H and O–H groups in total. The highest BCUT2D eigenvalue weighted by atomic mass is 16.5. The molecule has 8 nitrogen and oxygen atoms in total. The quantitative estimate of drug-likeness (QED) is 0.496. The maximum absolute atomic E-state index is 11.8. The van der Waals surface area contributed by atoms with Gasteiger partial charge in [0.05, 0.1) is 39.0 Å². The molecule has 0 aromatic heterocycles. The Kier molecular flexibility index (Phi) is 9.60. The highest BCUT2D eigenvalue weighted by Crippen LogP contribution is 2.31. The highest BCUT2D eigenvalue weighted by Gasteiger charge is 2.40. The summed E-state index contributed by atoms with van der Waals surface area (Å²) in [5.41, 5.74) is -0.479. The van der Waals surface area contributed by atoms with Gasteiger partial charge in [-0.3, -0.25) is 4.99 Å². The van der Waals surface area contributed by atoms with Gasteiger partial charge in [0.1, 0.15) is 12.4 Å². The van der Waals surface area contributed by atoms with Gasteiger partial charge in [-0.05, 0) is 19.1 Å². The van der Waals surface area contributed by atoms with Gasteiger partial charge in [0.25, 0.3) is 0 Å². The molecule has 1 unspecified atom stereocenters. The molecule has 0 aliphatic carbocycles. The third-order valence-electron chi connectivity index (χ3n) is 3.75. The minimum absolute atomic E-state index is 0.0419. The number of nitrogens with one attached hydrogen (secondary N) is 1. The number of para-hydroxylation sites is 1. The van der Waals surface area contributed by atoms with Crippen molar-refractivity contribution in [2.24, 2.45) is 4.99 Å². The fraction of sp³-hybridized carbons (Fsp3) is 0.579. The largest absolute Gasteiger partial charge is 0.504 e. The second-order valence-electron chi connectivity index (χ2n) is 5.72. The van der Waals surface area contributed by atoms with Crippen LogP contribution in [0.15, 0.2) is 23.2 Å². The lowest BCUT2D eigenvalue weighted by atomic mass is 10.0. The van der Waals surface area contributed by atoms with Crippen molar-refractivity contribution in [3.63, 3.8) is 0 Å². The van der Waals surface area contributed by atoms with Gasteiger partial charge in [-0.15, -0.1) is 0 Å². The van der Waals surface area contributed by atoms with Crippen LogP contribution in [0.5, 0.6) is 11.5 Å². The molecule has 1 aromatic rings. The Morgan fingerprint density at radius 3 is 2.59 bits per heavy atom. The Morgan fingerprint density at radius 2 is 1.93 bits per heavy atom. The lowest BCUT2D eigenvalue weighted by Crippen LogP contribution is -2.50. The minimum Gasteiger partial charge on any atom is -0.504 e. The van der Waals surface area contributed by atoms with E-state index >= 15 is 0 Å². The standard InChI is InChI=1S/C17H24N2O6.C2H6/c1-17(16(21)23-3)11-18-15(19-17)12-5-4-6-13(14(12)20)25-10-9-24-8-7-22-2;1-2/h4-6,20H,7-11H2,1-3H3,(H,18,19);1-2H3. The number of rotatable bonds is 9. The maximum Gasteiger partial charge on any atom is 0.333 e. The van der Waals surface area contributed by atoms with Gasteiger partial charge < -0.3 is 29.4 Å². The van der Waals surface area contributed by atoms with Gasteiger partial charge in [0.2, 0.25) is 0 Å². The van der Waals surface area contributed by atoms with E-state index in [-0.39, 0.29) is 12.3 Å². The number of nitrogens with zero attached hydrogens (tertiary/aromatic N) is 1. The number of carbonyl (C=O) groups is 1. The zero-order chi connectivity index (χ0) is 20.3. The average Bonchev–Trinajstić information content (AvgIpc) is 3.10. The molecule has 2 rings (SSSR count). The van der Waals surface area contributed by atoms with E-state index in [9.17, 15) is 9.90 Å². The second-order valence-corrected chi connectivity index (χ2v) is 5.72. The monoisotopic (exact) mass is 382 g/mol. The smallest absolute Gasteiger partial charge is 0.333 e. The summed E-state index contributed by atoms with van der Waals surface area (Å²) in [7, 11) is 2.93. The zero-order valence-corrected chi connectivity index (χ0v) is 16.7. The van der Waals surface area contributed by atoms with Gasteiger partial charge in [-0.25, -0.2) is 4.79 Å². The SMILES string of the molecule is CC.COCCOCCOc1cccc(C2=NCC(C)(C(=O)OC)N2)c1O. The van der Waals surface area contributed by atoms with Crippen molar-refractivity contribution in [3.05, 3.63) is 23.8 Å². The number of hydrogen-bond donors (Lipinski definition) is 2. The summed E-state index contributed by atoms with van der Waals surface area (Å²) in [6.45, 7) is 7.61. The number of aromatic hydroxyl groups is 1. The minimum atomic E-state index is -0.942. The van der Waals surface area contributed by atoms with Crippen LogP contribution in [-0.2, 0) is 19.0 Å². The van der Waals surface area contributed by atoms with E-state index in [1.54, 1.807) is 32.2 Å². The van der Waals surface area contributed by atoms with Crippen molar-refractivity contribution in [1.82, 2.24) is 5.32 Å². The summed E-state index contributed by atoms with van der Waals surface area (Å²) in [6, 6.07) is 5.10. The molecule has 0 saturated heterocycles. The molecule has 0 fully saturated rings. The van der Waals surface area contributed by atoms with Gasteiger partial charge >= 0.3 is 5.97 Å². The lowest BCUT2D eigenvalue weighted by molar-refractivity contribution is -0.146. The maximum atomic E-state index is 11.8. The van der Waals surface area contributed by atoms with Crippen LogP contribution in [0.2, 0.25) is 0 Å². The molecule has 1 atom stereocenters. The summed E-state index contributed by atoms with van der Waals surface area (Å²) in [5.74, 6) is 0.294. The van der Waals surface area contributed by atoms with Gasteiger partial charge in [0.15, 0.2) is 17.0 Å². The van der Waals surface area contributed by atoms with E-state index in [4.69, 9.17) is 18.9 Å². The summed E-state index contributed by atoms with van der Waals surface area (Å²) >= 11 is 0. The Hall–Kier alpha value is -2.32. The summed E-state index contributed by atoms with van der Waals surface area (Å²) < 4.78 is 20.5. The van der Waals surface area contributed by atoms with Crippen LogP contribution in [0.1, 0.15) is 26.3 Å². The van der Waals surface area contributed by atoms with Crippen LogP contribution < -0.4 is 10.1 Å². The van der Waals surface area contributed by atoms with Gasteiger partial charge in [-0.2, -0.15) is 0 Å². The van der Waals surface area contributed by atoms with Crippen LogP contribution in [0.3, 0.4) is 0 Å². The Labute approximate surface area is 160 Å². The molecular weight excluding hydrogens is 352 g/mol. The molecule has 152 valence electrons. The summed E-state index contributed by atoms with van der Waals surface area (Å²) in [4.78, 5) is 16.2. The first-order valence-electron chi connectivity index (χ1n) is 8.94. The number of esters is 1. The lowest BCUT2D eigenvalue weighted by Gasteiger charge is -2.21. The Bertz CT molecular complexity index is 635.